The Kier molecular flexibility index (Phi) is 4.14. The zero-order chi connectivity index (χ0) is 18.5. The Labute approximate surface area is 153 Å². The second-order valence-corrected chi connectivity index (χ2v) is 7.73. The Morgan fingerprint density at radius 3 is 2.92 bits per heavy atom. The maximum absolute atomic E-state index is 13.1. The van der Waals surface area contributed by atoms with Crippen molar-refractivity contribution in [3.63, 3.8) is 0 Å². The first-order valence-corrected chi connectivity index (χ1v) is 9.26. The third kappa shape index (κ3) is 2.65. The summed E-state index contributed by atoms with van der Waals surface area (Å²) in [6.07, 6.45) is 6.56. The standard InChI is InChI=1S/C19H25N3O4/c1-12-4-8-21(9-5-12)17(24)15-14-3-6-19(26-14)11-22(18(25)16(15)19)10-7-20-13(2)23/h3-4,6,14-16H,5,7-11H2,1-2H3,(H,20,23)/t14-,15?,16?,19-/m1/s1. The van der Waals surface area contributed by atoms with Gasteiger partial charge in [0.05, 0.1) is 24.5 Å². The van der Waals surface area contributed by atoms with E-state index < -0.39 is 17.4 Å². The fraction of sp³-hybridized carbons (Fsp3) is 0.632. The van der Waals surface area contributed by atoms with Gasteiger partial charge in [-0.2, -0.15) is 0 Å². The van der Waals surface area contributed by atoms with Crippen molar-refractivity contribution >= 4 is 17.7 Å². The highest BCUT2D eigenvalue weighted by Gasteiger charge is 2.67. The number of rotatable bonds is 4. The van der Waals surface area contributed by atoms with Crippen LogP contribution in [0.1, 0.15) is 20.3 Å². The first-order valence-electron chi connectivity index (χ1n) is 9.26. The third-order valence-corrected chi connectivity index (χ3v) is 5.97. The van der Waals surface area contributed by atoms with Crippen molar-refractivity contribution < 1.29 is 19.1 Å². The number of hydrogen-bond acceptors (Lipinski definition) is 4. The number of carbonyl (C=O) groups excluding carboxylic acids is 3. The van der Waals surface area contributed by atoms with E-state index in [2.05, 4.69) is 18.3 Å². The SMILES string of the molecule is CC(=O)NCCN1C[C@@]23C=C[C@@H](O2)C(C(=O)N2CC=C(C)CC2)C3C1=O. The first-order chi connectivity index (χ1) is 12.4. The Bertz CT molecular complexity index is 716. The molecule has 7 nitrogen and oxygen atoms in total. The van der Waals surface area contributed by atoms with Crippen LogP contribution in [0.15, 0.2) is 23.8 Å². The number of nitrogens with one attached hydrogen (secondary N) is 1. The van der Waals surface area contributed by atoms with Crippen LogP contribution in [-0.4, -0.2) is 72.0 Å². The van der Waals surface area contributed by atoms with E-state index in [1.807, 2.05) is 17.1 Å². The van der Waals surface area contributed by atoms with Gasteiger partial charge in [-0.15, -0.1) is 0 Å². The van der Waals surface area contributed by atoms with Gasteiger partial charge in [-0.05, 0) is 13.3 Å². The highest BCUT2D eigenvalue weighted by Crippen LogP contribution is 2.52. The van der Waals surface area contributed by atoms with E-state index in [1.54, 1.807) is 4.90 Å². The molecular weight excluding hydrogens is 334 g/mol. The quantitative estimate of drug-likeness (QED) is 0.721. The minimum atomic E-state index is -0.681. The van der Waals surface area contributed by atoms with E-state index in [0.717, 1.165) is 6.42 Å². The maximum Gasteiger partial charge on any atom is 0.230 e. The molecule has 2 unspecified atom stereocenters. The second-order valence-electron chi connectivity index (χ2n) is 7.73. The zero-order valence-electron chi connectivity index (χ0n) is 15.2. The maximum atomic E-state index is 13.1. The molecule has 2 bridgehead atoms. The van der Waals surface area contributed by atoms with E-state index >= 15 is 0 Å². The lowest BCUT2D eigenvalue weighted by molar-refractivity contribution is -0.143. The largest absolute Gasteiger partial charge is 0.360 e. The lowest BCUT2D eigenvalue weighted by Crippen LogP contribution is -2.47. The molecule has 4 heterocycles. The topological polar surface area (TPSA) is 79.0 Å². The predicted octanol–water partition coefficient (Wildman–Crippen LogP) is 0.0831. The molecule has 2 saturated heterocycles. The van der Waals surface area contributed by atoms with Crippen molar-refractivity contribution in [1.29, 1.82) is 0 Å². The van der Waals surface area contributed by atoms with Gasteiger partial charge in [0.15, 0.2) is 0 Å². The second kappa shape index (κ2) is 6.23. The fourth-order valence-corrected chi connectivity index (χ4v) is 4.60. The number of ether oxygens (including phenoxy) is 1. The number of carbonyl (C=O) groups is 3. The van der Waals surface area contributed by atoms with Crippen LogP contribution in [0.4, 0.5) is 0 Å². The van der Waals surface area contributed by atoms with Gasteiger partial charge < -0.3 is 19.9 Å². The van der Waals surface area contributed by atoms with E-state index in [4.69, 9.17) is 4.74 Å². The lowest BCUT2D eigenvalue weighted by Gasteiger charge is -2.31. The zero-order valence-corrected chi connectivity index (χ0v) is 15.2. The van der Waals surface area contributed by atoms with Crippen LogP contribution >= 0.6 is 0 Å². The molecule has 0 aromatic carbocycles. The molecule has 1 spiro atoms. The van der Waals surface area contributed by atoms with E-state index in [-0.39, 0.29) is 23.8 Å². The highest BCUT2D eigenvalue weighted by atomic mass is 16.5. The monoisotopic (exact) mass is 359 g/mol. The van der Waals surface area contributed by atoms with E-state index in [9.17, 15) is 14.4 Å². The minimum Gasteiger partial charge on any atom is -0.360 e. The van der Waals surface area contributed by atoms with Crippen LogP contribution in [0.2, 0.25) is 0 Å². The minimum absolute atomic E-state index is 0.0204. The van der Waals surface area contributed by atoms with Gasteiger partial charge in [0.25, 0.3) is 0 Å². The van der Waals surface area contributed by atoms with Crippen molar-refractivity contribution in [1.82, 2.24) is 15.1 Å². The van der Waals surface area contributed by atoms with Crippen LogP contribution in [0, 0.1) is 11.8 Å². The van der Waals surface area contributed by atoms with Gasteiger partial charge in [0.2, 0.25) is 17.7 Å². The van der Waals surface area contributed by atoms with Crippen LogP contribution in [0.25, 0.3) is 0 Å². The van der Waals surface area contributed by atoms with E-state index in [1.165, 1.54) is 12.5 Å². The molecule has 0 aromatic heterocycles. The average molecular weight is 359 g/mol. The van der Waals surface area contributed by atoms with E-state index in [0.29, 0.717) is 32.7 Å². The van der Waals surface area contributed by atoms with Gasteiger partial charge in [0.1, 0.15) is 5.60 Å². The molecule has 26 heavy (non-hydrogen) atoms. The molecule has 3 amide bonds. The molecule has 1 N–H and O–H groups in total. The van der Waals surface area contributed by atoms with Gasteiger partial charge >= 0.3 is 0 Å². The van der Waals surface area contributed by atoms with Crippen molar-refractivity contribution in [3.8, 4) is 0 Å². The Hall–Kier alpha value is -2.15. The van der Waals surface area contributed by atoms with Crippen LogP contribution in [0.3, 0.4) is 0 Å². The number of fused-ring (bicyclic) bond motifs is 1. The molecule has 7 heteroatoms. The summed E-state index contributed by atoms with van der Waals surface area (Å²) in [5.74, 6) is -1.02. The molecule has 0 aliphatic carbocycles. The number of nitrogens with zero attached hydrogens (tertiary/aromatic N) is 2. The smallest absolute Gasteiger partial charge is 0.230 e. The summed E-state index contributed by atoms with van der Waals surface area (Å²) in [4.78, 5) is 40.8. The van der Waals surface area contributed by atoms with Crippen molar-refractivity contribution in [2.75, 3.05) is 32.7 Å². The Morgan fingerprint density at radius 2 is 2.23 bits per heavy atom. The highest BCUT2D eigenvalue weighted by molar-refractivity contribution is 5.93. The summed E-state index contributed by atoms with van der Waals surface area (Å²) in [5.41, 5.74) is 0.621. The third-order valence-electron chi connectivity index (χ3n) is 5.97. The molecule has 0 radical (unpaired) electrons. The van der Waals surface area contributed by atoms with Crippen LogP contribution < -0.4 is 5.32 Å². The Balaban J connectivity index is 1.50. The number of amides is 3. The molecule has 4 atom stereocenters. The summed E-state index contributed by atoms with van der Waals surface area (Å²) in [6, 6.07) is 0. The molecule has 4 rings (SSSR count). The molecule has 4 aliphatic rings. The van der Waals surface area contributed by atoms with Crippen LogP contribution in [0.5, 0.6) is 0 Å². The van der Waals surface area contributed by atoms with Gasteiger partial charge in [-0.1, -0.05) is 23.8 Å². The van der Waals surface area contributed by atoms with Crippen LogP contribution in [-0.2, 0) is 19.1 Å². The number of hydrogen-bond donors (Lipinski definition) is 1. The molecule has 140 valence electrons. The fourth-order valence-electron chi connectivity index (χ4n) is 4.60. The molecular formula is C19H25N3O4. The Morgan fingerprint density at radius 1 is 1.42 bits per heavy atom. The molecule has 4 aliphatic heterocycles. The lowest BCUT2D eigenvalue weighted by atomic mass is 9.76. The summed E-state index contributed by atoms with van der Waals surface area (Å²) in [6.45, 7) is 6.14. The van der Waals surface area contributed by atoms with Crippen molar-refractivity contribution in [2.45, 2.75) is 32.0 Å². The van der Waals surface area contributed by atoms with Gasteiger partial charge in [-0.3, -0.25) is 14.4 Å². The molecule has 0 saturated carbocycles. The van der Waals surface area contributed by atoms with Crippen molar-refractivity contribution in [3.05, 3.63) is 23.8 Å². The summed E-state index contributed by atoms with van der Waals surface area (Å²) in [5, 5.41) is 2.72. The number of likely N-dealkylation sites (tertiary alicyclic amines) is 1. The summed E-state index contributed by atoms with van der Waals surface area (Å²) >= 11 is 0. The molecule has 0 aromatic rings. The average Bonchev–Trinajstić information content (AvgIpc) is 3.23. The molecule has 2 fully saturated rings. The summed E-state index contributed by atoms with van der Waals surface area (Å²) < 4.78 is 6.13. The van der Waals surface area contributed by atoms with Gasteiger partial charge in [0, 0.05) is 33.1 Å². The van der Waals surface area contributed by atoms with Gasteiger partial charge in [-0.25, -0.2) is 0 Å². The first kappa shape index (κ1) is 17.3. The summed E-state index contributed by atoms with van der Waals surface area (Å²) in [7, 11) is 0. The van der Waals surface area contributed by atoms with Crippen molar-refractivity contribution in [2.24, 2.45) is 11.8 Å². The predicted molar refractivity (Wildman–Crippen MR) is 93.9 cm³/mol. The normalized spacial score (nSPS) is 34.9.